The minimum absolute atomic E-state index is 0.131. The molecule has 0 spiro atoms. The predicted octanol–water partition coefficient (Wildman–Crippen LogP) is 3.25. The number of rotatable bonds is 5. The second-order valence-corrected chi connectivity index (χ2v) is 3.68. The smallest absolute Gasteiger partial charge is 0.387 e. The van der Waals surface area contributed by atoms with E-state index >= 15 is 0 Å². The summed E-state index contributed by atoms with van der Waals surface area (Å²) >= 11 is 0. The highest BCUT2D eigenvalue weighted by molar-refractivity contribution is 5.36. The van der Waals surface area contributed by atoms with Crippen molar-refractivity contribution < 1.29 is 13.5 Å². The molecule has 0 aliphatic heterocycles. The first kappa shape index (κ1) is 12.6. The second kappa shape index (κ2) is 5.61. The fourth-order valence-electron chi connectivity index (χ4n) is 1.48. The van der Waals surface area contributed by atoms with E-state index < -0.39 is 6.61 Å². The zero-order valence-corrected chi connectivity index (χ0v) is 9.12. The number of nitrogens with two attached hydrogens (primary N) is 1. The molecule has 0 aromatic heterocycles. The molecule has 4 heteroatoms. The van der Waals surface area contributed by atoms with Crippen LogP contribution in [0.3, 0.4) is 0 Å². The molecule has 0 bridgehead atoms. The Labute approximate surface area is 93.7 Å². The summed E-state index contributed by atoms with van der Waals surface area (Å²) in [7, 11) is 0. The summed E-state index contributed by atoms with van der Waals surface area (Å²) < 4.78 is 28.7. The van der Waals surface area contributed by atoms with Crippen molar-refractivity contribution in [2.24, 2.45) is 5.73 Å². The van der Waals surface area contributed by atoms with Gasteiger partial charge in [0.2, 0.25) is 0 Å². The van der Waals surface area contributed by atoms with Crippen LogP contribution in [0.1, 0.15) is 24.9 Å². The highest BCUT2D eigenvalue weighted by Crippen LogP contribution is 2.28. The molecule has 0 saturated carbocycles. The molecular formula is C12H15F2NO. The molecule has 0 aliphatic rings. The maximum absolute atomic E-state index is 12.1. The van der Waals surface area contributed by atoms with E-state index in [1.54, 1.807) is 18.2 Å². The molecular weight excluding hydrogens is 212 g/mol. The Balaban J connectivity index is 2.89. The van der Waals surface area contributed by atoms with Crippen LogP contribution < -0.4 is 10.5 Å². The third-order valence-electron chi connectivity index (χ3n) is 2.10. The minimum Gasteiger partial charge on any atom is -0.434 e. The van der Waals surface area contributed by atoms with Gasteiger partial charge in [-0.1, -0.05) is 23.8 Å². The zero-order valence-electron chi connectivity index (χ0n) is 9.12. The van der Waals surface area contributed by atoms with Crippen molar-refractivity contribution >= 4 is 0 Å². The van der Waals surface area contributed by atoms with Crippen molar-refractivity contribution in [1.82, 2.24) is 0 Å². The summed E-state index contributed by atoms with van der Waals surface area (Å²) in [4.78, 5) is 0. The van der Waals surface area contributed by atoms with Crippen LogP contribution in [0.5, 0.6) is 5.75 Å². The van der Waals surface area contributed by atoms with Gasteiger partial charge in [0.1, 0.15) is 5.75 Å². The number of hydrogen-bond acceptors (Lipinski definition) is 2. The Bertz CT molecular complexity index is 366. The Hall–Kier alpha value is -1.42. The lowest BCUT2D eigenvalue weighted by Gasteiger charge is -2.16. The van der Waals surface area contributed by atoms with Gasteiger partial charge in [-0.15, -0.1) is 6.58 Å². The third-order valence-corrected chi connectivity index (χ3v) is 2.10. The number of hydrogen-bond donors (Lipinski definition) is 1. The molecule has 0 radical (unpaired) electrons. The van der Waals surface area contributed by atoms with Crippen LogP contribution in [0.2, 0.25) is 0 Å². The standard InChI is InChI=1S/C12H15F2NO/c1-8(2)7-10(15)9-5-3-4-6-11(9)16-12(13)14/h3-6,10,12H,1,7,15H2,2H3/t10-/m1/s1. The van der Waals surface area contributed by atoms with Crippen LogP contribution in [0.4, 0.5) is 8.78 Å². The van der Waals surface area contributed by atoms with Gasteiger partial charge in [-0.25, -0.2) is 0 Å². The zero-order chi connectivity index (χ0) is 12.1. The fraction of sp³-hybridized carbons (Fsp3) is 0.333. The molecule has 0 unspecified atom stereocenters. The number of benzene rings is 1. The van der Waals surface area contributed by atoms with Crippen LogP contribution in [0.25, 0.3) is 0 Å². The quantitative estimate of drug-likeness (QED) is 0.783. The molecule has 1 aromatic carbocycles. The van der Waals surface area contributed by atoms with E-state index in [9.17, 15) is 8.78 Å². The molecule has 16 heavy (non-hydrogen) atoms. The second-order valence-electron chi connectivity index (χ2n) is 3.68. The van der Waals surface area contributed by atoms with Crippen molar-refractivity contribution in [3.63, 3.8) is 0 Å². The molecule has 1 aromatic rings. The fourth-order valence-corrected chi connectivity index (χ4v) is 1.48. The van der Waals surface area contributed by atoms with Crippen molar-refractivity contribution in [3.05, 3.63) is 42.0 Å². The Morgan fingerprint density at radius 1 is 1.44 bits per heavy atom. The number of halogens is 2. The number of alkyl halides is 2. The van der Waals surface area contributed by atoms with E-state index in [2.05, 4.69) is 11.3 Å². The topological polar surface area (TPSA) is 35.2 Å². The molecule has 2 nitrogen and oxygen atoms in total. The normalized spacial score (nSPS) is 12.6. The van der Waals surface area contributed by atoms with Crippen LogP contribution in [-0.4, -0.2) is 6.61 Å². The van der Waals surface area contributed by atoms with E-state index in [-0.39, 0.29) is 11.8 Å². The van der Waals surface area contributed by atoms with Crippen LogP contribution in [0, 0.1) is 0 Å². The lowest BCUT2D eigenvalue weighted by atomic mass is 10.0. The molecule has 0 fully saturated rings. The molecule has 1 atom stereocenters. The maximum Gasteiger partial charge on any atom is 0.387 e. The third kappa shape index (κ3) is 3.62. The molecule has 2 N–H and O–H groups in total. The first-order chi connectivity index (χ1) is 7.50. The van der Waals surface area contributed by atoms with Crippen molar-refractivity contribution in [2.45, 2.75) is 26.0 Å². The van der Waals surface area contributed by atoms with Gasteiger partial charge in [0, 0.05) is 11.6 Å². The van der Waals surface area contributed by atoms with Crippen molar-refractivity contribution in [3.8, 4) is 5.75 Å². The van der Waals surface area contributed by atoms with Gasteiger partial charge in [-0.3, -0.25) is 0 Å². The summed E-state index contributed by atoms with van der Waals surface area (Å²) in [6, 6.07) is 6.18. The minimum atomic E-state index is -2.84. The Morgan fingerprint density at radius 2 is 2.06 bits per heavy atom. The Kier molecular flexibility index (Phi) is 4.43. The average molecular weight is 227 g/mol. The van der Waals surface area contributed by atoms with Crippen LogP contribution in [-0.2, 0) is 0 Å². The van der Waals surface area contributed by atoms with E-state index in [0.29, 0.717) is 12.0 Å². The van der Waals surface area contributed by atoms with E-state index in [1.165, 1.54) is 6.07 Å². The first-order valence-electron chi connectivity index (χ1n) is 4.94. The molecule has 0 amide bonds. The van der Waals surface area contributed by atoms with Crippen molar-refractivity contribution in [1.29, 1.82) is 0 Å². The Morgan fingerprint density at radius 3 is 2.62 bits per heavy atom. The lowest BCUT2D eigenvalue weighted by molar-refractivity contribution is -0.0506. The number of ether oxygens (including phenoxy) is 1. The molecule has 0 heterocycles. The molecule has 0 saturated heterocycles. The van der Waals surface area contributed by atoms with Gasteiger partial charge in [-0.2, -0.15) is 8.78 Å². The summed E-state index contributed by atoms with van der Waals surface area (Å²) in [6.45, 7) is 2.75. The van der Waals surface area contributed by atoms with Gasteiger partial charge in [0.05, 0.1) is 0 Å². The SMILES string of the molecule is C=C(C)C[C@@H](N)c1ccccc1OC(F)F. The molecule has 0 aliphatic carbocycles. The molecule has 1 rings (SSSR count). The van der Waals surface area contributed by atoms with Gasteiger partial charge >= 0.3 is 6.61 Å². The van der Waals surface area contributed by atoms with Crippen LogP contribution in [0.15, 0.2) is 36.4 Å². The monoisotopic (exact) mass is 227 g/mol. The van der Waals surface area contributed by atoms with Gasteiger partial charge < -0.3 is 10.5 Å². The summed E-state index contributed by atoms with van der Waals surface area (Å²) in [5.41, 5.74) is 7.36. The van der Waals surface area contributed by atoms with E-state index in [4.69, 9.17) is 5.73 Å². The highest BCUT2D eigenvalue weighted by atomic mass is 19.3. The van der Waals surface area contributed by atoms with Gasteiger partial charge in [-0.05, 0) is 19.4 Å². The highest BCUT2D eigenvalue weighted by Gasteiger charge is 2.14. The summed E-state index contributed by atoms with van der Waals surface area (Å²) in [5.74, 6) is 0.131. The molecule has 88 valence electrons. The summed E-state index contributed by atoms with van der Waals surface area (Å²) in [6.07, 6.45) is 0.545. The summed E-state index contributed by atoms with van der Waals surface area (Å²) in [5, 5.41) is 0. The largest absolute Gasteiger partial charge is 0.434 e. The lowest BCUT2D eigenvalue weighted by Crippen LogP contribution is -2.13. The van der Waals surface area contributed by atoms with Gasteiger partial charge in [0.25, 0.3) is 0 Å². The average Bonchev–Trinajstić information content (AvgIpc) is 2.16. The van der Waals surface area contributed by atoms with Crippen molar-refractivity contribution in [2.75, 3.05) is 0 Å². The van der Waals surface area contributed by atoms with Gasteiger partial charge in [0.15, 0.2) is 0 Å². The maximum atomic E-state index is 12.1. The predicted molar refractivity (Wildman–Crippen MR) is 59.4 cm³/mol. The van der Waals surface area contributed by atoms with Crippen LogP contribution >= 0.6 is 0 Å². The van der Waals surface area contributed by atoms with E-state index in [0.717, 1.165) is 5.57 Å². The first-order valence-corrected chi connectivity index (χ1v) is 4.94. The number of para-hydroxylation sites is 1. The van der Waals surface area contributed by atoms with E-state index in [1.807, 2.05) is 6.92 Å².